The van der Waals surface area contributed by atoms with Crippen LogP contribution in [0.4, 0.5) is 5.82 Å². The second-order valence-corrected chi connectivity index (χ2v) is 6.34. The molecule has 0 aliphatic carbocycles. The van der Waals surface area contributed by atoms with Gasteiger partial charge in [-0.2, -0.15) is 0 Å². The van der Waals surface area contributed by atoms with Crippen LogP contribution >= 0.6 is 11.6 Å². The predicted molar refractivity (Wildman–Crippen MR) is 89.1 cm³/mol. The first kappa shape index (κ1) is 16.7. The first-order chi connectivity index (χ1) is 10.5. The van der Waals surface area contributed by atoms with Crippen molar-refractivity contribution in [2.24, 2.45) is 0 Å². The largest absolute Gasteiger partial charge is 0.495 e. The van der Waals surface area contributed by atoms with Crippen LogP contribution in [0, 0.1) is 0 Å². The molecule has 1 unspecified atom stereocenters. The maximum absolute atomic E-state index is 11.5. The summed E-state index contributed by atoms with van der Waals surface area (Å²) in [4.78, 5) is 8.45. The molecule has 0 aliphatic rings. The molecule has 0 aliphatic heterocycles. The number of hydrogen-bond acceptors (Lipinski definition) is 5. The highest BCUT2D eigenvalue weighted by Crippen LogP contribution is 2.25. The fourth-order valence-corrected chi connectivity index (χ4v) is 2.65. The lowest BCUT2D eigenvalue weighted by Gasteiger charge is -2.11. The Hall–Kier alpha value is -1.66. The van der Waals surface area contributed by atoms with Gasteiger partial charge in [-0.15, -0.1) is 0 Å². The molecule has 0 saturated heterocycles. The van der Waals surface area contributed by atoms with Gasteiger partial charge in [0.25, 0.3) is 0 Å². The van der Waals surface area contributed by atoms with Gasteiger partial charge in [0.1, 0.15) is 11.6 Å². The highest BCUT2D eigenvalue weighted by Gasteiger charge is 2.09. The predicted octanol–water partition coefficient (Wildman–Crippen LogP) is 3.05. The number of nitrogens with one attached hydrogen (secondary N) is 1. The molecule has 0 bridgehead atoms. The molecule has 0 radical (unpaired) electrons. The van der Waals surface area contributed by atoms with Gasteiger partial charge in [0, 0.05) is 24.6 Å². The van der Waals surface area contributed by atoms with Crippen molar-refractivity contribution >= 4 is 28.2 Å². The average molecular weight is 340 g/mol. The van der Waals surface area contributed by atoms with Gasteiger partial charge in [-0.05, 0) is 24.1 Å². The summed E-state index contributed by atoms with van der Waals surface area (Å²) in [5.74, 6) is 1.35. The first-order valence-electron chi connectivity index (χ1n) is 6.80. The summed E-state index contributed by atoms with van der Waals surface area (Å²) in [7, 11) is 0.378. The van der Waals surface area contributed by atoms with E-state index in [1.54, 1.807) is 19.6 Å². The van der Waals surface area contributed by atoms with E-state index in [9.17, 15) is 4.21 Å². The molecular formula is C15H18ClN3O2S. The lowest BCUT2D eigenvalue weighted by atomic mass is 10.2. The van der Waals surface area contributed by atoms with E-state index in [2.05, 4.69) is 15.3 Å². The zero-order chi connectivity index (χ0) is 16.1. The molecular weight excluding hydrogens is 322 g/mol. The number of ether oxygens (including phenoxy) is 1. The van der Waals surface area contributed by atoms with Gasteiger partial charge >= 0.3 is 0 Å². The highest BCUT2D eigenvalue weighted by atomic mass is 35.5. The summed E-state index contributed by atoms with van der Waals surface area (Å²) < 4.78 is 16.6. The minimum absolute atomic E-state index is 0.326. The van der Waals surface area contributed by atoms with E-state index in [-0.39, 0.29) is 0 Å². The summed E-state index contributed by atoms with van der Waals surface area (Å²) in [6.45, 7) is 2.58. The van der Waals surface area contributed by atoms with Crippen LogP contribution in [0.5, 0.6) is 5.75 Å². The summed E-state index contributed by atoms with van der Waals surface area (Å²) in [5.41, 5.74) is 1.99. The molecule has 1 atom stereocenters. The Bertz CT molecular complexity index is 694. The molecule has 0 amide bonds. The summed E-state index contributed by atoms with van der Waals surface area (Å²) in [5, 5.41) is 4.15. The van der Waals surface area contributed by atoms with E-state index in [4.69, 9.17) is 16.3 Å². The molecule has 22 heavy (non-hydrogen) atoms. The van der Waals surface area contributed by atoms with Gasteiger partial charge in [-0.3, -0.25) is 4.21 Å². The summed E-state index contributed by atoms with van der Waals surface area (Å²) in [6.07, 6.45) is 4.07. The Labute approximate surface area is 137 Å². The maximum atomic E-state index is 11.5. The van der Waals surface area contributed by atoms with Crippen molar-refractivity contribution < 1.29 is 8.95 Å². The molecule has 7 heteroatoms. The van der Waals surface area contributed by atoms with E-state index in [1.165, 1.54) is 0 Å². The molecule has 0 saturated carbocycles. The van der Waals surface area contributed by atoms with Crippen molar-refractivity contribution in [3.8, 4) is 5.75 Å². The van der Waals surface area contributed by atoms with E-state index in [1.807, 2.05) is 25.1 Å². The molecule has 1 heterocycles. The van der Waals surface area contributed by atoms with E-state index in [0.717, 1.165) is 17.5 Å². The zero-order valence-electron chi connectivity index (χ0n) is 12.7. The van der Waals surface area contributed by atoms with Crippen molar-refractivity contribution in [2.45, 2.75) is 25.0 Å². The van der Waals surface area contributed by atoms with Gasteiger partial charge in [0.15, 0.2) is 0 Å². The first-order valence-corrected chi connectivity index (χ1v) is 8.74. The Balaban J connectivity index is 2.18. The van der Waals surface area contributed by atoms with E-state index < -0.39 is 10.8 Å². The van der Waals surface area contributed by atoms with Crippen LogP contribution in [-0.4, -0.2) is 27.5 Å². The zero-order valence-corrected chi connectivity index (χ0v) is 14.3. The fourth-order valence-electron chi connectivity index (χ4n) is 1.95. The standard InChI is InChI=1S/C15H18ClN3O2S/c1-4-11-9-18-15(22(3)20)19-14(11)17-8-10-5-6-13(21-2)12(16)7-10/h5-7,9H,4,8H2,1-3H3,(H,17,18,19). The normalized spacial score (nSPS) is 12.0. The van der Waals surface area contributed by atoms with Crippen LogP contribution in [0.3, 0.4) is 0 Å². The Kier molecular flexibility index (Phi) is 5.74. The lowest BCUT2D eigenvalue weighted by Crippen LogP contribution is -2.08. The molecule has 2 rings (SSSR count). The number of halogens is 1. The third-order valence-corrected chi connectivity index (χ3v) is 4.16. The Morgan fingerprint density at radius 3 is 2.77 bits per heavy atom. The Morgan fingerprint density at radius 2 is 2.18 bits per heavy atom. The molecule has 0 fully saturated rings. The van der Waals surface area contributed by atoms with E-state index in [0.29, 0.717) is 28.3 Å². The van der Waals surface area contributed by atoms with Crippen molar-refractivity contribution in [2.75, 3.05) is 18.7 Å². The smallest absolute Gasteiger partial charge is 0.220 e. The van der Waals surface area contributed by atoms with Crippen LogP contribution in [0.1, 0.15) is 18.1 Å². The summed E-state index contributed by atoms with van der Waals surface area (Å²) >= 11 is 6.12. The Morgan fingerprint density at radius 1 is 1.41 bits per heavy atom. The van der Waals surface area contributed by atoms with Gasteiger partial charge in [0.05, 0.1) is 22.9 Å². The highest BCUT2D eigenvalue weighted by molar-refractivity contribution is 7.84. The third kappa shape index (κ3) is 3.96. The summed E-state index contributed by atoms with van der Waals surface area (Å²) in [6, 6.07) is 5.61. The molecule has 1 N–H and O–H groups in total. The number of benzene rings is 1. The lowest BCUT2D eigenvalue weighted by molar-refractivity contribution is 0.415. The van der Waals surface area contributed by atoms with Crippen LogP contribution in [0.2, 0.25) is 5.02 Å². The fraction of sp³-hybridized carbons (Fsp3) is 0.333. The number of hydrogen-bond donors (Lipinski definition) is 1. The van der Waals surface area contributed by atoms with Crippen molar-refractivity contribution in [3.05, 3.63) is 40.5 Å². The number of aryl methyl sites for hydroxylation is 1. The molecule has 5 nitrogen and oxygen atoms in total. The van der Waals surface area contributed by atoms with Crippen LogP contribution < -0.4 is 10.1 Å². The second kappa shape index (κ2) is 7.56. The van der Waals surface area contributed by atoms with Gasteiger partial charge in [-0.1, -0.05) is 24.6 Å². The number of anilines is 1. The average Bonchev–Trinajstić information content (AvgIpc) is 2.52. The number of rotatable bonds is 6. The molecule has 118 valence electrons. The van der Waals surface area contributed by atoms with Gasteiger partial charge in [-0.25, -0.2) is 9.97 Å². The topological polar surface area (TPSA) is 64.1 Å². The second-order valence-electron chi connectivity index (χ2n) is 4.66. The third-order valence-electron chi connectivity index (χ3n) is 3.16. The number of nitrogens with zero attached hydrogens (tertiary/aromatic N) is 2. The minimum Gasteiger partial charge on any atom is -0.495 e. The molecule has 2 aromatic rings. The van der Waals surface area contributed by atoms with Gasteiger partial charge in [0.2, 0.25) is 5.16 Å². The maximum Gasteiger partial charge on any atom is 0.220 e. The van der Waals surface area contributed by atoms with Crippen molar-refractivity contribution in [3.63, 3.8) is 0 Å². The van der Waals surface area contributed by atoms with Crippen LogP contribution in [0.25, 0.3) is 0 Å². The van der Waals surface area contributed by atoms with Crippen LogP contribution in [-0.2, 0) is 23.8 Å². The molecule has 0 spiro atoms. The number of methoxy groups -OCH3 is 1. The number of aromatic nitrogens is 2. The van der Waals surface area contributed by atoms with Gasteiger partial charge < -0.3 is 10.1 Å². The van der Waals surface area contributed by atoms with Crippen molar-refractivity contribution in [1.82, 2.24) is 9.97 Å². The SMILES string of the molecule is CCc1cnc(S(C)=O)nc1NCc1ccc(OC)c(Cl)c1. The minimum atomic E-state index is -1.21. The molecule has 1 aromatic heterocycles. The quantitative estimate of drug-likeness (QED) is 0.819. The molecule has 1 aromatic carbocycles. The monoisotopic (exact) mass is 339 g/mol. The van der Waals surface area contributed by atoms with Crippen molar-refractivity contribution in [1.29, 1.82) is 0 Å². The van der Waals surface area contributed by atoms with E-state index >= 15 is 0 Å². The van der Waals surface area contributed by atoms with Crippen LogP contribution in [0.15, 0.2) is 29.6 Å².